The topological polar surface area (TPSA) is 85.6 Å². The number of aromatic nitrogens is 5. The molecule has 3 heterocycles. The van der Waals surface area contributed by atoms with E-state index in [4.69, 9.17) is 0 Å². The molecule has 0 fully saturated rings. The number of carbonyl (C=O) groups excluding carboxylic acids is 1. The lowest BCUT2D eigenvalue weighted by Crippen LogP contribution is -2.15. The van der Waals surface area contributed by atoms with Crippen molar-refractivity contribution in [1.82, 2.24) is 23.5 Å². The molecular weight excluding hydrogens is 276 g/mol. The van der Waals surface area contributed by atoms with Crippen LogP contribution in [0.2, 0.25) is 0 Å². The molecule has 3 rings (SSSR count). The third-order valence-electron chi connectivity index (χ3n) is 2.53. The number of anilines is 1. The Morgan fingerprint density at radius 1 is 1.40 bits per heavy atom. The summed E-state index contributed by atoms with van der Waals surface area (Å²) in [7, 11) is 0. The molecule has 7 nitrogen and oxygen atoms in total. The van der Waals surface area contributed by atoms with Gasteiger partial charge in [0.25, 0.3) is 5.91 Å². The van der Waals surface area contributed by atoms with Gasteiger partial charge in [0.1, 0.15) is 5.82 Å². The number of amides is 1. The van der Waals surface area contributed by atoms with Crippen molar-refractivity contribution >= 4 is 23.5 Å². The smallest absolute Gasteiger partial charge is 0.278 e. The highest BCUT2D eigenvalue weighted by Crippen LogP contribution is 2.16. The van der Waals surface area contributed by atoms with Crippen molar-refractivity contribution in [2.75, 3.05) is 5.32 Å². The number of nitrogens with one attached hydrogen (secondary N) is 1. The van der Waals surface area contributed by atoms with Crippen molar-refractivity contribution in [3.05, 3.63) is 48.0 Å². The Kier molecular flexibility index (Phi) is 3.21. The number of rotatable bonds is 3. The molecule has 8 heteroatoms. The van der Waals surface area contributed by atoms with E-state index in [-0.39, 0.29) is 11.6 Å². The summed E-state index contributed by atoms with van der Waals surface area (Å²) in [4.78, 5) is 16.2. The average Bonchev–Trinajstić information content (AvgIpc) is 3.09. The summed E-state index contributed by atoms with van der Waals surface area (Å²) in [5.41, 5.74) is 1.06. The second kappa shape index (κ2) is 5.17. The van der Waals surface area contributed by atoms with Crippen LogP contribution in [0.4, 0.5) is 5.82 Å². The van der Waals surface area contributed by atoms with E-state index in [2.05, 4.69) is 24.1 Å². The molecule has 0 saturated heterocycles. The molecule has 0 radical (unpaired) electrons. The molecule has 0 aliphatic heterocycles. The average molecular weight is 286 g/mol. The monoisotopic (exact) mass is 286 g/mol. The van der Waals surface area contributed by atoms with E-state index < -0.39 is 0 Å². The minimum atomic E-state index is -0.323. The van der Waals surface area contributed by atoms with E-state index in [0.717, 1.165) is 17.4 Å². The number of pyridine rings is 1. The number of hydrogen-bond acceptors (Lipinski definition) is 6. The van der Waals surface area contributed by atoms with E-state index >= 15 is 0 Å². The fourth-order valence-corrected chi connectivity index (χ4v) is 2.10. The van der Waals surface area contributed by atoms with Crippen LogP contribution in [0.3, 0.4) is 0 Å². The van der Waals surface area contributed by atoms with Crippen molar-refractivity contribution < 1.29 is 4.79 Å². The molecule has 0 aromatic carbocycles. The quantitative estimate of drug-likeness (QED) is 0.791. The largest absolute Gasteiger partial charge is 0.305 e. The van der Waals surface area contributed by atoms with Crippen molar-refractivity contribution in [2.45, 2.75) is 6.92 Å². The van der Waals surface area contributed by atoms with Crippen LogP contribution < -0.4 is 5.32 Å². The lowest BCUT2D eigenvalue weighted by molar-refractivity contribution is 0.102. The van der Waals surface area contributed by atoms with Gasteiger partial charge in [0.2, 0.25) is 0 Å². The Morgan fingerprint density at radius 2 is 2.30 bits per heavy atom. The van der Waals surface area contributed by atoms with Gasteiger partial charge in [-0.15, -0.1) is 0 Å². The summed E-state index contributed by atoms with van der Waals surface area (Å²) in [5.74, 6) is 0.849. The SMILES string of the molecule is Cc1cc(NC(=O)c2cnsn2)n(-c2ccccn2)n1. The molecule has 0 unspecified atom stereocenters. The van der Waals surface area contributed by atoms with E-state index in [1.165, 1.54) is 6.20 Å². The highest BCUT2D eigenvalue weighted by atomic mass is 32.1. The van der Waals surface area contributed by atoms with Crippen LogP contribution in [0.5, 0.6) is 0 Å². The highest BCUT2D eigenvalue weighted by molar-refractivity contribution is 6.99. The predicted octanol–water partition coefficient (Wildman–Crippen LogP) is 1.68. The number of carbonyl (C=O) groups is 1. The molecule has 3 aromatic heterocycles. The molecule has 100 valence electrons. The standard InChI is InChI=1S/C12H10N6OS/c1-8-6-11(15-12(19)9-7-14-20-17-9)18(16-8)10-4-2-3-5-13-10/h2-7H,1H3,(H,15,19). The van der Waals surface area contributed by atoms with E-state index in [9.17, 15) is 4.79 Å². The molecule has 0 bridgehead atoms. The summed E-state index contributed by atoms with van der Waals surface area (Å²) in [5, 5.41) is 7.08. The van der Waals surface area contributed by atoms with Crippen LogP contribution >= 0.6 is 11.7 Å². The second-order valence-corrected chi connectivity index (χ2v) is 4.57. The van der Waals surface area contributed by atoms with Gasteiger partial charge < -0.3 is 5.32 Å². The van der Waals surface area contributed by atoms with Crippen LogP contribution in [0.1, 0.15) is 16.2 Å². The van der Waals surface area contributed by atoms with Gasteiger partial charge in [-0.05, 0) is 19.1 Å². The Labute approximate surface area is 118 Å². The van der Waals surface area contributed by atoms with Gasteiger partial charge in [0, 0.05) is 12.3 Å². The van der Waals surface area contributed by atoms with Gasteiger partial charge in [0.05, 0.1) is 23.6 Å². The molecule has 20 heavy (non-hydrogen) atoms. The summed E-state index contributed by atoms with van der Waals surface area (Å²) in [6.45, 7) is 1.85. The molecule has 0 saturated carbocycles. The van der Waals surface area contributed by atoms with Gasteiger partial charge in [-0.3, -0.25) is 4.79 Å². The lowest BCUT2D eigenvalue weighted by atomic mass is 10.4. The van der Waals surface area contributed by atoms with E-state index in [1.807, 2.05) is 25.1 Å². The summed E-state index contributed by atoms with van der Waals surface area (Å²) >= 11 is 0.989. The van der Waals surface area contributed by atoms with E-state index in [1.54, 1.807) is 16.9 Å². The first-order chi connectivity index (χ1) is 9.74. The van der Waals surface area contributed by atoms with Crippen molar-refractivity contribution in [3.8, 4) is 5.82 Å². The maximum atomic E-state index is 12.0. The first-order valence-electron chi connectivity index (χ1n) is 5.81. The summed E-state index contributed by atoms with van der Waals surface area (Å²) in [6, 6.07) is 7.26. The number of aryl methyl sites for hydroxylation is 1. The zero-order valence-corrected chi connectivity index (χ0v) is 11.3. The van der Waals surface area contributed by atoms with Gasteiger partial charge in [-0.1, -0.05) is 6.07 Å². The molecular formula is C12H10N6OS. The second-order valence-electron chi connectivity index (χ2n) is 4.02. The third kappa shape index (κ3) is 2.41. The minimum absolute atomic E-state index is 0.279. The maximum absolute atomic E-state index is 12.0. The normalized spacial score (nSPS) is 10.4. The van der Waals surface area contributed by atoms with Crippen LogP contribution in [-0.2, 0) is 0 Å². The Morgan fingerprint density at radius 3 is 3.00 bits per heavy atom. The fraction of sp³-hybridized carbons (Fsp3) is 0.0833. The van der Waals surface area contributed by atoms with Crippen LogP contribution in [-0.4, -0.2) is 29.4 Å². The number of nitrogens with zero attached hydrogens (tertiary/aromatic N) is 5. The summed E-state index contributed by atoms with van der Waals surface area (Å²) in [6.07, 6.45) is 3.09. The number of hydrogen-bond donors (Lipinski definition) is 1. The first-order valence-corrected chi connectivity index (χ1v) is 6.54. The van der Waals surface area contributed by atoms with Gasteiger partial charge in [-0.2, -0.15) is 18.5 Å². The first kappa shape index (κ1) is 12.4. The molecule has 0 spiro atoms. The molecule has 0 aliphatic carbocycles. The Hall–Kier alpha value is -2.61. The van der Waals surface area contributed by atoms with Gasteiger partial charge >= 0.3 is 0 Å². The maximum Gasteiger partial charge on any atom is 0.278 e. The molecule has 3 aromatic rings. The van der Waals surface area contributed by atoms with Crippen LogP contribution in [0.15, 0.2) is 36.7 Å². The summed E-state index contributed by atoms with van der Waals surface area (Å²) < 4.78 is 9.28. The molecule has 1 amide bonds. The fourth-order valence-electron chi connectivity index (χ4n) is 1.69. The van der Waals surface area contributed by atoms with Crippen molar-refractivity contribution in [2.24, 2.45) is 0 Å². The van der Waals surface area contributed by atoms with E-state index in [0.29, 0.717) is 11.6 Å². The molecule has 1 N–H and O–H groups in total. The predicted molar refractivity (Wildman–Crippen MR) is 74.0 cm³/mol. The molecule has 0 aliphatic rings. The van der Waals surface area contributed by atoms with Gasteiger partial charge in [0.15, 0.2) is 11.5 Å². The van der Waals surface area contributed by atoms with Crippen LogP contribution in [0, 0.1) is 6.92 Å². The molecule has 0 atom stereocenters. The zero-order valence-electron chi connectivity index (χ0n) is 10.5. The lowest BCUT2D eigenvalue weighted by Gasteiger charge is -2.06. The van der Waals surface area contributed by atoms with Crippen LogP contribution in [0.25, 0.3) is 5.82 Å². The zero-order chi connectivity index (χ0) is 13.9. The Bertz CT molecular complexity index is 722. The van der Waals surface area contributed by atoms with Crippen molar-refractivity contribution in [3.63, 3.8) is 0 Å². The van der Waals surface area contributed by atoms with Gasteiger partial charge in [-0.25, -0.2) is 4.98 Å². The highest BCUT2D eigenvalue weighted by Gasteiger charge is 2.14. The van der Waals surface area contributed by atoms with Crippen molar-refractivity contribution in [1.29, 1.82) is 0 Å². The Balaban J connectivity index is 1.93. The minimum Gasteiger partial charge on any atom is -0.305 e. The third-order valence-corrected chi connectivity index (χ3v) is 3.01.